The number of aryl methyl sites for hydroxylation is 1. The van der Waals surface area contributed by atoms with E-state index in [1.807, 2.05) is 0 Å². The fourth-order valence-corrected chi connectivity index (χ4v) is 1.84. The molecule has 0 atom stereocenters. The molecule has 0 N–H and O–H groups in total. The lowest BCUT2D eigenvalue weighted by Crippen LogP contribution is -1.92. The molecule has 0 saturated carbocycles. The lowest BCUT2D eigenvalue weighted by Gasteiger charge is -2.07. The summed E-state index contributed by atoms with van der Waals surface area (Å²) >= 11 is 0. The maximum atomic E-state index is 2.31. The van der Waals surface area contributed by atoms with Gasteiger partial charge in [-0.1, -0.05) is 26.0 Å². The number of fused-ring (bicyclic) bond motifs is 1. The number of nitrogens with zero attached hydrogens (tertiary/aromatic N) is 1. The summed E-state index contributed by atoms with van der Waals surface area (Å²) in [7, 11) is 0. The molecule has 0 aliphatic rings. The molecular weight excluding hydrogens is 170 g/mol. The fraction of sp³-hybridized carbons (Fsp3) is 0.385. The van der Waals surface area contributed by atoms with Gasteiger partial charge in [-0.2, -0.15) is 0 Å². The van der Waals surface area contributed by atoms with Crippen LogP contribution >= 0.6 is 0 Å². The van der Waals surface area contributed by atoms with Gasteiger partial charge >= 0.3 is 0 Å². The van der Waals surface area contributed by atoms with Crippen LogP contribution < -0.4 is 0 Å². The van der Waals surface area contributed by atoms with Crippen molar-refractivity contribution < 1.29 is 0 Å². The molecule has 0 saturated heterocycles. The molecule has 1 heteroatoms. The highest BCUT2D eigenvalue weighted by atomic mass is 14.9. The van der Waals surface area contributed by atoms with Crippen molar-refractivity contribution in [3.05, 3.63) is 36.0 Å². The minimum Gasteiger partial charge on any atom is -0.348 e. The van der Waals surface area contributed by atoms with Crippen molar-refractivity contribution in [1.29, 1.82) is 0 Å². The Hall–Kier alpha value is -1.24. The smallest absolute Gasteiger partial charge is 0.0483 e. The Morgan fingerprint density at radius 3 is 2.64 bits per heavy atom. The van der Waals surface area contributed by atoms with Gasteiger partial charge in [0.05, 0.1) is 0 Å². The first-order chi connectivity index (χ1) is 6.72. The van der Waals surface area contributed by atoms with Crippen LogP contribution in [0.2, 0.25) is 0 Å². The van der Waals surface area contributed by atoms with Gasteiger partial charge in [0.15, 0.2) is 0 Å². The molecule has 2 aromatic rings. The lowest BCUT2D eigenvalue weighted by atomic mass is 10.0. The Bertz CT molecular complexity index is 437. The maximum absolute atomic E-state index is 2.31. The normalized spacial score (nSPS) is 11.4. The van der Waals surface area contributed by atoms with E-state index < -0.39 is 0 Å². The van der Waals surface area contributed by atoms with E-state index in [2.05, 4.69) is 55.8 Å². The highest BCUT2D eigenvalue weighted by Crippen LogP contribution is 2.22. The molecule has 0 amide bonds. The third kappa shape index (κ3) is 1.43. The van der Waals surface area contributed by atoms with Crippen molar-refractivity contribution in [2.75, 3.05) is 0 Å². The molecule has 74 valence electrons. The van der Waals surface area contributed by atoms with Gasteiger partial charge in [0.25, 0.3) is 0 Å². The zero-order valence-electron chi connectivity index (χ0n) is 9.12. The number of rotatable bonds is 2. The van der Waals surface area contributed by atoms with Crippen molar-refractivity contribution >= 4 is 10.9 Å². The summed E-state index contributed by atoms with van der Waals surface area (Å²) in [6, 6.07) is 8.94. The van der Waals surface area contributed by atoms with Crippen LogP contribution in [0.5, 0.6) is 0 Å². The number of hydrogen-bond donors (Lipinski definition) is 0. The van der Waals surface area contributed by atoms with Crippen LogP contribution in [0.1, 0.15) is 32.3 Å². The largest absolute Gasteiger partial charge is 0.348 e. The topological polar surface area (TPSA) is 4.93 Å². The second kappa shape index (κ2) is 3.49. The van der Waals surface area contributed by atoms with Gasteiger partial charge in [-0.3, -0.25) is 0 Å². The third-order valence-electron chi connectivity index (χ3n) is 2.81. The van der Waals surface area contributed by atoms with E-state index in [1.165, 1.54) is 16.5 Å². The van der Waals surface area contributed by atoms with Gasteiger partial charge in [-0.15, -0.1) is 0 Å². The van der Waals surface area contributed by atoms with Crippen LogP contribution in [-0.4, -0.2) is 4.57 Å². The summed E-state index contributed by atoms with van der Waals surface area (Å²) in [5.41, 5.74) is 2.78. The first-order valence-corrected chi connectivity index (χ1v) is 5.31. The van der Waals surface area contributed by atoms with Crippen molar-refractivity contribution in [2.45, 2.75) is 33.2 Å². The molecule has 1 nitrogen and oxygen atoms in total. The van der Waals surface area contributed by atoms with Crippen LogP contribution in [0.4, 0.5) is 0 Å². The van der Waals surface area contributed by atoms with E-state index in [0.29, 0.717) is 5.92 Å². The lowest BCUT2D eigenvalue weighted by molar-refractivity contribution is 0.794. The molecule has 1 heterocycles. The second-order valence-corrected chi connectivity index (χ2v) is 4.07. The predicted molar refractivity (Wildman–Crippen MR) is 61.7 cm³/mol. The minimum absolute atomic E-state index is 0.611. The molecule has 1 aromatic carbocycles. The predicted octanol–water partition coefficient (Wildman–Crippen LogP) is 3.78. The molecule has 0 bridgehead atoms. The van der Waals surface area contributed by atoms with Crippen LogP contribution in [0.3, 0.4) is 0 Å². The molecule has 0 fully saturated rings. The van der Waals surface area contributed by atoms with E-state index in [9.17, 15) is 0 Å². The number of aromatic nitrogens is 1. The van der Waals surface area contributed by atoms with Crippen LogP contribution in [0.25, 0.3) is 10.9 Å². The molecule has 2 rings (SSSR count). The van der Waals surface area contributed by atoms with Crippen molar-refractivity contribution in [3.8, 4) is 0 Å². The maximum Gasteiger partial charge on any atom is 0.0483 e. The Morgan fingerprint density at radius 2 is 2.00 bits per heavy atom. The Labute approximate surface area is 85.4 Å². The molecule has 0 aliphatic carbocycles. The quantitative estimate of drug-likeness (QED) is 0.674. The zero-order chi connectivity index (χ0) is 10.1. The molecule has 0 radical (unpaired) electrons. The third-order valence-corrected chi connectivity index (χ3v) is 2.81. The first kappa shape index (κ1) is 9.32. The summed E-state index contributed by atoms with van der Waals surface area (Å²) in [6.07, 6.45) is 2.16. The summed E-state index contributed by atoms with van der Waals surface area (Å²) in [6.45, 7) is 7.70. The van der Waals surface area contributed by atoms with Crippen molar-refractivity contribution in [3.63, 3.8) is 0 Å². The molecule has 0 unspecified atom stereocenters. The Kier molecular flexibility index (Phi) is 2.32. The standard InChI is InChI=1S/C13H17N/c1-4-14-8-7-11-5-6-12(10(2)3)9-13(11)14/h5-10H,4H2,1-3H3. The zero-order valence-corrected chi connectivity index (χ0v) is 9.12. The van der Waals surface area contributed by atoms with Crippen LogP contribution in [0.15, 0.2) is 30.5 Å². The van der Waals surface area contributed by atoms with Crippen LogP contribution in [-0.2, 0) is 6.54 Å². The summed E-state index contributed by atoms with van der Waals surface area (Å²) in [5.74, 6) is 0.611. The molecule has 0 aliphatic heterocycles. The van der Waals surface area contributed by atoms with E-state index in [-0.39, 0.29) is 0 Å². The van der Waals surface area contributed by atoms with Gasteiger partial charge < -0.3 is 4.57 Å². The van der Waals surface area contributed by atoms with Crippen LogP contribution in [0, 0.1) is 0 Å². The highest BCUT2D eigenvalue weighted by molar-refractivity contribution is 5.80. The monoisotopic (exact) mass is 187 g/mol. The molecule has 1 aromatic heterocycles. The highest BCUT2D eigenvalue weighted by Gasteiger charge is 2.03. The minimum atomic E-state index is 0.611. The number of benzene rings is 1. The second-order valence-electron chi connectivity index (χ2n) is 4.07. The average Bonchev–Trinajstić information content (AvgIpc) is 2.59. The molecular formula is C13H17N. The van der Waals surface area contributed by atoms with Gasteiger partial charge in [0, 0.05) is 18.3 Å². The SMILES string of the molecule is CCn1ccc2ccc(C(C)C)cc21. The average molecular weight is 187 g/mol. The van der Waals surface area contributed by atoms with Gasteiger partial charge in [-0.05, 0) is 35.9 Å². The molecule has 14 heavy (non-hydrogen) atoms. The van der Waals surface area contributed by atoms with Crippen molar-refractivity contribution in [2.24, 2.45) is 0 Å². The molecule has 0 spiro atoms. The van der Waals surface area contributed by atoms with Gasteiger partial charge in [0.2, 0.25) is 0 Å². The fourth-order valence-electron chi connectivity index (χ4n) is 1.84. The summed E-state index contributed by atoms with van der Waals surface area (Å²) in [5, 5.41) is 1.34. The Balaban J connectivity index is 2.61. The van der Waals surface area contributed by atoms with Crippen molar-refractivity contribution in [1.82, 2.24) is 4.57 Å². The summed E-state index contributed by atoms with van der Waals surface area (Å²) < 4.78 is 2.29. The first-order valence-electron chi connectivity index (χ1n) is 5.31. The summed E-state index contributed by atoms with van der Waals surface area (Å²) in [4.78, 5) is 0. The van der Waals surface area contributed by atoms with Gasteiger partial charge in [-0.25, -0.2) is 0 Å². The van der Waals surface area contributed by atoms with E-state index in [4.69, 9.17) is 0 Å². The van der Waals surface area contributed by atoms with E-state index in [0.717, 1.165) is 6.54 Å². The Morgan fingerprint density at radius 1 is 1.21 bits per heavy atom. The number of hydrogen-bond acceptors (Lipinski definition) is 0. The van der Waals surface area contributed by atoms with E-state index in [1.54, 1.807) is 0 Å². The van der Waals surface area contributed by atoms with E-state index >= 15 is 0 Å². The van der Waals surface area contributed by atoms with Gasteiger partial charge in [0.1, 0.15) is 0 Å².